The van der Waals surface area contributed by atoms with Gasteiger partial charge >= 0.3 is 0 Å². The summed E-state index contributed by atoms with van der Waals surface area (Å²) in [5, 5.41) is 6.20. The molecule has 5 heteroatoms. The molecule has 0 aromatic carbocycles. The van der Waals surface area contributed by atoms with E-state index in [1.807, 2.05) is 6.92 Å². The van der Waals surface area contributed by atoms with Crippen molar-refractivity contribution in [1.29, 1.82) is 0 Å². The second-order valence-electron chi connectivity index (χ2n) is 4.18. The number of nitrogens with one attached hydrogen (secondary N) is 2. The van der Waals surface area contributed by atoms with Gasteiger partial charge in [0.1, 0.15) is 0 Å². The summed E-state index contributed by atoms with van der Waals surface area (Å²) in [6.07, 6.45) is 3.47. The lowest BCUT2D eigenvalue weighted by atomic mass is 10.1. The summed E-state index contributed by atoms with van der Waals surface area (Å²) in [5.74, 6) is 1.73. The molecule has 4 nitrogen and oxygen atoms in total. The van der Waals surface area contributed by atoms with Crippen molar-refractivity contribution < 1.29 is 9.00 Å². The molecule has 0 saturated carbocycles. The molecule has 1 heterocycles. The van der Waals surface area contributed by atoms with E-state index in [1.54, 1.807) is 0 Å². The normalized spacial score (nSPS) is 25.3. The van der Waals surface area contributed by atoms with Crippen LogP contribution in [0.25, 0.3) is 0 Å². The summed E-state index contributed by atoms with van der Waals surface area (Å²) in [6, 6.07) is 0.455. The van der Waals surface area contributed by atoms with E-state index >= 15 is 0 Å². The average molecular weight is 246 g/mol. The molecule has 16 heavy (non-hydrogen) atoms. The Bertz CT molecular complexity index is 236. The van der Waals surface area contributed by atoms with Gasteiger partial charge in [-0.15, -0.1) is 0 Å². The van der Waals surface area contributed by atoms with Crippen molar-refractivity contribution in [3.8, 4) is 0 Å². The van der Waals surface area contributed by atoms with Crippen LogP contribution in [0.15, 0.2) is 0 Å². The van der Waals surface area contributed by atoms with Crippen molar-refractivity contribution in [3.63, 3.8) is 0 Å². The van der Waals surface area contributed by atoms with Crippen molar-refractivity contribution in [3.05, 3.63) is 0 Å². The van der Waals surface area contributed by atoms with E-state index in [9.17, 15) is 9.00 Å². The maximum atomic E-state index is 11.3. The minimum atomic E-state index is -0.599. The van der Waals surface area contributed by atoms with E-state index in [-0.39, 0.29) is 5.91 Å². The molecule has 1 rings (SSSR count). The average Bonchev–Trinajstić information content (AvgIpc) is 2.29. The molecule has 0 unspecified atom stereocenters. The third kappa shape index (κ3) is 5.61. The quantitative estimate of drug-likeness (QED) is 0.713. The van der Waals surface area contributed by atoms with Gasteiger partial charge in [-0.2, -0.15) is 0 Å². The van der Waals surface area contributed by atoms with Gasteiger partial charge in [0.05, 0.1) is 0 Å². The van der Waals surface area contributed by atoms with E-state index in [1.165, 1.54) is 0 Å². The second-order valence-corrected chi connectivity index (χ2v) is 5.87. The molecule has 0 aliphatic carbocycles. The van der Waals surface area contributed by atoms with E-state index < -0.39 is 10.8 Å². The van der Waals surface area contributed by atoms with Crippen LogP contribution in [0.2, 0.25) is 0 Å². The fourth-order valence-corrected chi connectivity index (χ4v) is 3.04. The molecule has 1 aliphatic heterocycles. The van der Waals surface area contributed by atoms with Crippen LogP contribution in [0.1, 0.15) is 32.6 Å². The molecule has 0 atom stereocenters. The Morgan fingerprint density at radius 3 is 2.62 bits per heavy atom. The highest BCUT2D eigenvalue weighted by molar-refractivity contribution is 7.85. The number of hydrogen-bond acceptors (Lipinski definition) is 3. The standard InChI is InChI=1S/C11H22N2O2S/c1-2-6-13-11(14)3-7-12-10-4-8-16(15)9-5-10/h10,12H,2-9H2,1H3,(H,13,14). The monoisotopic (exact) mass is 246 g/mol. The van der Waals surface area contributed by atoms with Crippen LogP contribution >= 0.6 is 0 Å². The molecular formula is C11H22N2O2S. The van der Waals surface area contributed by atoms with Gasteiger partial charge in [-0.25, -0.2) is 0 Å². The topological polar surface area (TPSA) is 58.2 Å². The summed E-state index contributed by atoms with van der Waals surface area (Å²) >= 11 is 0. The molecule has 1 saturated heterocycles. The summed E-state index contributed by atoms with van der Waals surface area (Å²) in [6.45, 7) is 3.54. The zero-order valence-electron chi connectivity index (χ0n) is 9.96. The molecule has 0 spiro atoms. The zero-order chi connectivity index (χ0) is 11.8. The SMILES string of the molecule is CCCNC(=O)CCNC1CCS(=O)CC1. The second kappa shape index (κ2) is 7.79. The van der Waals surface area contributed by atoms with Crippen molar-refractivity contribution in [2.75, 3.05) is 24.6 Å². The van der Waals surface area contributed by atoms with E-state index in [0.717, 1.165) is 43.9 Å². The summed E-state index contributed by atoms with van der Waals surface area (Å²) in [7, 11) is -0.599. The van der Waals surface area contributed by atoms with Crippen LogP contribution < -0.4 is 10.6 Å². The van der Waals surface area contributed by atoms with E-state index in [4.69, 9.17) is 0 Å². The maximum Gasteiger partial charge on any atom is 0.221 e. The number of hydrogen-bond donors (Lipinski definition) is 2. The Kier molecular flexibility index (Phi) is 6.64. The van der Waals surface area contributed by atoms with Gasteiger partial charge < -0.3 is 10.6 Å². The number of rotatable bonds is 6. The highest BCUT2D eigenvalue weighted by Crippen LogP contribution is 2.08. The maximum absolute atomic E-state index is 11.3. The van der Waals surface area contributed by atoms with Crippen molar-refractivity contribution >= 4 is 16.7 Å². The molecule has 0 radical (unpaired) electrons. The highest BCUT2D eigenvalue weighted by atomic mass is 32.2. The Morgan fingerprint density at radius 1 is 1.31 bits per heavy atom. The number of amides is 1. The molecule has 0 aromatic rings. The highest BCUT2D eigenvalue weighted by Gasteiger charge is 2.16. The van der Waals surface area contributed by atoms with Crippen molar-refractivity contribution in [1.82, 2.24) is 10.6 Å². The summed E-state index contributed by atoms with van der Waals surface area (Å²) in [4.78, 5) is 11.3. The lowest BCUT2D eigenvalue weighted by Gasteiger charge is -2.22. The predicted octanol–water partition coefficient (Wildman–Crippen LogP) is 0.403. The van der Waals surface area contributed by atoms with Crippen LogP contribution in [-0.4, -0.2) is 40.8 Å². The summed E-state index contributed by atoms with van der Waals surface area (Å²) in [5.41, 5.74) is 0. The lowest BCUT2D eigenvalue weighted by Crippen LogP contribution is -2.38. The fourth-order valence-electron chi connectivity index (χ4n) is 1.74. The zero-order valence-corrected chi connectivity index (χ0v) is 10.8. The van der Waals surface area contributed by atoms with E-state index in [2.05, 4.69) is 10.6 Å². The molecule has 0 aromatic heterocycles. The Hall–Kier alpha value is -0.420. The van der Waals surface area contributed by atoms with Gasteiger partial charge in [-0.1, -0.05) is 6.92 Å². The first-order valence-corrected chi connectivity index (χ1v) is 7.56. The molecular weight excluding hydrogens is 224 g/mol. The van der Waals surface area contributed by atoms with Crippen LogP contribution in [-0.2, 0) is 15.6 Å². The molecule has 0 bridgehead atoms. The molecule has 94 valence electrons. The Balaban J connectivity index is 2.02. The first-order valence-electron chi connectivity index (χ1n) is 6.07. The van der Waals surface area contributed by atoms with Crippen molar-refractivity contribution in [2.45, 2.75) is 38.6 Å². The van der Waals surface area contributed by atoms with Crippen LogP contribution in [0.4, 0.5) is 0 Å². The smallest absolute Gasteiger partial charge is 0.221 e. The first kappa shape index (κ1) is 13.6. The minimum absolute atomic E-state index is 0.119. The largest absolute Gasteiger partial charge is 0.356 e. The van der Waals surface area contributed by atoms with Gasteiger partial charge in [-0.05, 0) is 19.3 Å². The van der Waals surface area contributed by atoms with Crippen LogP contribution in [0.3, 0.4) is 0 Å². The third-order valence-electron chi connectivity index (χ3n) is 2.75. The van der Waals surface area contributed by atoms with Crippen LogP contribution in [0, 0.1) is 0 Å². The molecule has 1 aliphatic rings. The van der Waals surface area contributed by atoms with Gasteiger partial charge in [0.25, 0.3) is 0 Å². The third-order valence-corrected chi connectivity index (χ3v) is 4.13. The van der Waals surface area contributed by atoms with Gasteiger partial charge in [0.2, 0.25) is 5.91 Å². The van der Waals surface area contributed by atoms with E-state index in [0.29, 0.717) is 12.5 Å². The minimum Gasteiger partial charge on any atom is -0.356 e. The summed E-state index contributed by atoms with van der Waals surface area (Å²) < 4.78 is 11.1. The Morgan fingerprint density at radius 2 is 2.00 bits per heavy atom. The first-order chi connectivity index (χ1) is 7.72. The fraction of sp³-hybridized carbons (Fsp3) is 0.909. The predicted molar refractivity (Wildman–Crippen MR) is 66.8 cm³/mol. The van der Waals surface area contributed by atoms with Gasteiger partial charge in [-0.3, -0.25) is 9.00 Å². The van der Waals surface area contributed by atoms with Gasteiger partial charge in [0.15, 0.2) is 0 Å². The number of carbonyl (C=O) groups is 1. The molecule has 1 amide bonds. The number of carbonyl (C=O) groups excluding carboxylic acids is 1. The Labute approximate surface area is 100 Å². The lowest BCUT2D eigenvalue weighted by molar-refractivity contribution is -0.121. The van der Waals surface area contributed by atoms with Gasteiger partial charge in [0, 0.05) is 47.9 Å². The molecule has 1 fully saturated rings. The van der Waals surface area contributed by atoms with Crippen molar-refractivity contribution in [2.24, 2.45) is 0 Å². The molecule has 2 N–H and O–H groups in total. The van der Waals surface area contributed by atoms with Crippen LogP contribution in [0.5, 0.6) is 0 Å².